The Morgan fingerprint density at radius 3 is 3.08 bits per heavy atom. The van der Waals surface area contributed by atoms with E-state index in [1.807, 2.05) is 0 Å². The summed E-state index contributed by atoms with van der Waals surface area (Å²) in [5.74, 6) is 0.723. The van der Waals surface area contributed by atoms with Crippen LogP contribution in [0, 0.1) is 0 Å². The van der Waals surface area contributed by atoms with Crippen LogP contribution in [-0.4, -0.2) is 45.2 Å². The topological polar surface area (TPSA) is 45.6 Å². The quantitative estimate of drug-likeness (QED) is 0.595. The number of rotatable bonds is 5. The van der Waals surface area contributed by atoms with Gasteiger partial charge in [-0.05, 0) is 0 Å². The zero-order valence-electron chi connectivity index (χ0n) is 7.22. The first-order chi connectivity index (χ1) is 6.29. The van der Waals surface area contributed by atoms with Gasteiger partial charge < -0.3 is 15.4 Å². The minimum absolute atomic E-state index is 0.269. The summed E-state index contributed by atoms with van der Waals surface area (Å²) in [7, 11) is 0. The number of nitrogens with one attached hydrogen (secondary N) is 2. The van der Waals surface area contributed by atoms with Crippen molar-refractivity contribution in [2.45, 2.75) is 6.43 Å². The zero-order valence-corrected chi connectivity index (χ0v) is 7.22. The van der Waals surface area contributed by atoms with Crippen LogP contribution in [0.1, 0.15) is 0 Å². The van der Waals surface area contributed by atoms with Gasteiger partial charge in [-0.15, -0.1) is 0 Å². The summed E-state index contributed by atoms with van der Waals surface area (Å²) >= 11 is 0. The molecule has 0 aromatic carbocycles. The lowest BCUT2D eigenvalue weighted by atomic mass is 10.6. The fourth-order valence-corrected chi connectivity index (χ4v) is 0.930. The zero-order chi connectivity index (χ0) is 9.52. The standard InChI is InChI=1S/C7H13F2N3O/c8-6(9)5-13-4-3-12-7-10-1-2-11-7/h6H,1-5H2,(H2,10,11,12). The van der Waals surface area contributed by atoms with Gasteiger partial charge in [-0.25, -0.2) is 8.78 Å². The Hall–Kier alpha value is -0.910. The van der Waals surface area contributed by atoms with Crippen molar-refractivity contribution < 1.29 is 13.5 Å². The maximum Gasteiger partial charge on any atom is 0.261 e. The number of nitrogens with zero attached hydrogens (tertiary/aromatic N) is 1. The highest BCUT2D eigenvalue weighted by molar-refractivity contribution is 5.81. The molecule has 0 saturated heterocycles. The first-order valence-corrected chi connectivity index (χ1v) is 4.17. The van der Waals surface area contributed by atoms with E-state index in [1.54, 1.807) is 0 Å². The van der Waals surface area contributed by atoms with Gasteiger partial charge in [0.2, 0.25) is 0 Å². The number of alkyl halides is 2. The van der Waals surface area contributed by atoms with Crippen molar-refractivity contribution >= 4 is 5.96 Å². The first kappa shape index (κ1) is 10.2. The molecular formula is C7H13F2N3O. The van der Waals surface area contributed by atoms with Gasteiger partial charge in [0.05, 0.1) is 13.2 Å². The molecule has 0 aromatic rings. The van der Waals surface area contributed by atoms with Gasteiger partial charge in [0.25, 0.3) is 6.43 Å². The summed E-state index contributed by atoms with van der Waals surface area (Å²) in [6.45, 7) is 1.87. The monoisotopic (exact) mass is 193 g/mol. The Morgan fingerprint density at radius 2 is 2.46 bits per heavy atom. The highest BCUT2D eigenvalue weighted by atomic mass is 19.3. The Labute approximate surface area is 75.4 Å². The molecule has 76 valence electrons. The Bertz CT molecular complexity index is 175. The van der Waals surface area contributed by atoms with Gasteiger partial charge in [0, 0.05) is 13.1 Å². The smallest absolute Gasteiger partial charge is 0.261 e. The van der Waals surface area contributed by atoms with Gasteiger partial charge in [0.1, 0.15) is 6.61 Å². The third kappa shape index (κ3) is 4.62. The largest absolute Gasteiger partial charge is 0.374 e. The van der Waals surface area contributed by atoms with Crippen LogP contribution in [-0.2, 0) is 4.74 Å². The van der Waals surface area contributed by atoms with E-state index < -0.39 is 13.0 Å². The second kappa shape index (κ2) is 5.69. The summed E-state index contributed by atoms with van der Waals surface area (Å²) in [6.07, 6.45) is -2.39. The van der Waals surface area contributed by atoms with Crippen molar-refractivity contribution in [1.82, 2.24) is 10.6 Å². The van der Waals surface area contributed by atoms with Crippen LogP contribution in [0.15, 0.2) is 4.99 Å². The van der Waals surface area contributed by atoms with Crippen LogP contribution < -0.4 is 10.6 Å². The Morgan fingerprint density at radius 1 is 1.62 bits per heavy atom. The van der Waals surface area contributed by atoms with Crippen molar-refractivity contribution in [2.75, 3.05) is 32.8 Å². The molecule has 6 heteroatoms. The van der Waals surface area contributed by atoms with E-state index in [1.165, 1.54) is 0 Å². The van der Waals surface area contributed by atoms with Crippen molar-refractivity contribution in [3.63, 3.8) is 0 Å². The lowest BCUT2D eigenvalue weighted by molar-refractivity contribution is 0.0197. The van der Waals surface area contributed by atoms with Crippen LogP contribution in [0.4, 0.5) is 8.78 Å². The van der Waals surface area contributed by atoms with Crippen LogP contribution in [0.25, 0.3) is 0 Å². The van der Waals surface area contributed by atoms with Crippen LogP contribution >= 0.6 is 0 Å². The van der Waals surface area contributed by atoms with E-state index in [4.69, 9.17) is 0 Å². The lowest BCUT2D eigenvalue weighted by Crippen LogP contribution is -2.35. The average Bonchev–Trinajstić information content (AvgIpc) is 2.55. The molecule has 0 fully saturated rings. The third-order valence-electron chi connectivity index (χ3n) is 1.46. The molecule has 1 aliphatic rings. The van der Waals surface area contributed by atoms with E-state index in [9.17, 15) is 8.78 Å². The summed E-state index contributed by atoms with van der Waals surface area (Å²) < 4.78 is 27.8. The third-order valence-corrected chi connectivity index (χ3v) is 1.46. The molecule has 0 saturated carbocycles. The summed E-state index contributed by atoms with van der Waals surface area (Å²) in [6, 6.07) is 0. The van der Waals surface area contributed by atoms with Gasteiger partial charge in [0.15, 0.2) is 5.96 Å². The minimum atomic E-state index is -2.39. The number of aliphatic imine (C=N–C) groups is 1. The van der Waals surface area contributed by atoms with E-state index in [2.05, 4.69) is 20.4 Å². The molecule has 0 bridgehead atoms. The maximum absolute atomic E-state index is 11.6. The summed E-state index contributed by atoms with van der Waals surface area (Å²) in [5, 5.41) is 5.92. The fraction of sp³-hybridized carbons (Fsp3) is 0.857. The van der Waals surface area contributed by atoms with Crippen LogP contribution in [0.3, 0.4) is 0 Å². The van der Waals surface area contributed by atoms with Crippen molar-refractivity contribution in [2.24, 2.45) is 4.99 Å². The molecule has 13 heavy (non-hydrogen) atoms. The molecule has 0 radical (unpaired) electrons. The molecular weight excluding hydrogens is 180 g/mol. The Kier molecular flexibility index (Phi) is 4.45. The highest BCUT2D eigenvalue weighted by Crippen LogP contribution is 1.91. The van der Waals surface area contributed by atoms with Crippen molar-refractivity contribution in [3.8, 4) is 0 Å². The SMILES string of the molecule is FC(F)COCCNC1=NCCN1. The molecule has 0 aliphatic carbocycles. The van der Waals surface area contributed by atoms with E-state index in [-0.39, 0.29) is 6.61 Å². The molecule has 2 N–H and O–H groups in total. The molecule has 1 rings (SSSR count). The average molecular weight is 193 g/mol. The van der Waals surface area contributed by atoms with Gasteiger partial charge in [-0.2, -0.15) is 0 Å². The molecule has 0 unspecified atom stereocenters. The predicted octanol–water partition coefficient (Wildman–Crippen LogP) is -0.183. The predicted molar refractivity (Wildman–Crippen MR) is 45.1 cm³/mol. The molecule has 0 aromatic heterocycles. The molecule has 4 nitrogen and oxygen atoms in total. The number of hydrogen-bond acceptors (Lipinski definition) is 4. The van der Waals surface area contributed by atoms with Crippen LogP contribution in [0.5, 0.6) is 0 Å². The number of halogens is 2. The number of ether oxygens (including phenoxy) is 1. The van der Waals surface area contributed by atoms with E-state index in [0.717, 1.165) is 19.0 Å². The van der Waals surface area contributed by atoms with E-state index >= 15 is 0 Å². The summed E-state index contributed by atoms with van der Waals surface area (Å²) in [5.41, 5.74) is 0. The Balaban J connectivity index is 1.89. The molecule has 1 aliphatic heterocycles. The normalized spacial score (nSPS) is 15.8. The second-order valence-corrected chi connectivity index (χ2v) is 2.55. The van der Waals surface area contributed by atoms with Crippen molar-refractivity contribution in [1.29, 1.82) is 0 Å². The fourth-order valence-electron chi connectivity index (χ4n) is 0.930. The molecule has 0 amide bonds. The molecule has 0 atom stereocenters. The van der Waals surface area contributed by atoms with Gasteiger partial charge in [-0.3, -0.25) is 4.99 Å². The first-order valence-electron chi connectivity index (χ1n) is 4.17. The highest BCUT2D eigenvalue weighted by Gasteiger charge is 2.04. The maximum atomic E-state index is 11.6. The number of guanidine groups is 1. The van der Waals surface area contributed by atoms with Crippen molar-refractivity contribution in [3.05, 3.63) is 0 Å². The van der Waals surface area contributed by atoms with Gasteiger partial charge >= 0.3 is 0 Å². The van der Waals surface area contributed by atoms with Crippen LogP contribution in [0.2, 0.25) is 0 Å². The molecule has 0 spiro atoms. The summed E-state index contributed by atoms with van der Waals surface area (Å²) in [4.78, 5) is 4.06. The number of hydrogen-bond donors (Lipinski definition) is 2. The molecule has 1 heterocycles. The van der Waals surface area contributed by atoms with E-state index in [0.29, 0.717) is 6.54 Å². The lowest BCUT2D eigenvalue weighted by Gasteiger charge is -2.06. The second-order valence-electron chi connectivity index (χ2n) is 2.55. The minimum Gasteiger partial charge on any atom is -0.374 e. The van der Waals surface area contributed by atoms with Gasteiger partial charge in [-0.1, -0.05) is 0 Å².